The van der Waals surface area contributed by atoms with Crippen molar-refractivity contribution in [2.45, 2.75) is 26.2 Å². The molecule has 1 aromatic heterocycles. The van der Waals surface area contributed by atoms with Crippen LogP contribution in [0.25, 0.3) is 11.3 Å². The van der Waals surface area contributed by atoms with Gasteiger partial charge in [0.15, 0.2) is 11.5 Å². The molecule has 3 rings (SSSR count). The summed E-state index contributed by atoms with van der Waals surface area (Å²) in [4.78, 5) is 11.0. The summed E-state index contributed by atoms with van der Waals surface area (Å²) in [6, 6.07) is 3.25. The molecular weight excluding hydrogens is 366 g/mol. The number of hydrogen-bond acceptors (Lipinski definition) is 5. The Hall–Kier alpha value is -2.02. The Balaban J connectivity index is 2.22. The number of nitrogens with zero attached hydrogens (tertiary/aromatic N) is 1. The molecule has 0 amide bonds. The minimum atomic E-state index is -1.15. The second-order valence-electron chi connectivity index (χ2n) is 5.56. The zero-order chi connectivity index (χ0) is 16.6. The molecule has 0 unspecified atom stereocenters. The number of benzene rings is 1. The number of hydrogen-bond donors (Lipinski definition) is 1. The van der Waals surface area contributed by atoms with Crippen LogP contribution in [0.2, 0.25) is 0 Å². The second kappa shape index (κ2) is 6.23. The molecule has 7 heteroatoms. The second-order valence-corrected chi connectivity index (χ2v) is 6.42. The highest BCUT2D eigenvalue weighted by Gasteiger charge is 2.26. The Morgan fingerprint density at radius 1 is 1.30 bits per heavy atom. The van der Waals surface area contributed by atoms with Gasteiger partial charge in [0.1, 0.15) is 5.69 Å². The Bertz CT molecular complexity index is 753. The fraction of sp³-hybridized carbons (Fsp3) is 0.375. The number of carboxylic acid groups (broad SMARTS) is 1. The van der Waals surface area contributed by atoms with E-state index < -0.39 is 5.97 Å². The number of carboxylic acids is 1. The molecule has 0 saturated carbocycles. The molecule has 6 nitrogen and oxygen atoms in total. The SMILES string of the molecule is CC(C)c1c2c(cc(Br)c1-c1cc(C(=O)O)on1)OCCCO2. The Labute approximate surface area is 141 Å². The molecule has 23 heavy (non-hydrogen) atoms. The number of ether oxygens (including phenoxy) is 2. The lowest BCUT2D eigenvalue weighted by atomic mass is 9.93. The number of aromatic carboxylic acids is 1. The molecule has 0 bridgehead atoms. The molecule has 1 aliphatic heterocycles. The van der Waals surface area contributed by atoms with Crippen LogP contribution >= 0.6 is 15.9 Å². The molecule has 1 N–H and O–H groups in total. The van der Waals surface area contributed by atoms with Crippen LogP contribution in [-0.4, -0.2) is 29.4 Å². The van der Waals surface area contributed by atoms with Crippen molar-refractivity contribution in [3.05, 3.63) is 27.9 Å². The van der Waals surface area contributed by atoms with Gasteiger partial charge in [-0.25, -0.2) is 4.79 Å². The average molecular weight is 382 g/mol. The van der Waals surface area contributed by atoms with Gasteiger partial charge in [-0.2, -0.15) is 0 Å². The van der Waals surface area contributed by atoms with Crippen LogP contribution < -0.4 is 9.47 Å². The maximum Gasteiger partial charge on any atom is 0.374 e. The topological polar surface area (TPSA) is 81.8 Å². The van der Waals surface area contributed by atoms with E-state index >= 15 is 0 Å². The standard InChI is InChI=1S/C16H16BrNO5/c1-8(2)13-14(10-7-12(16(19)20)23-18-10)9(17)6-11-15(13)22-5-3-4-21-11/h6-8H,3-5H2,1-2H3,(H,19,20). The van der Waals surface area contributed by atoms with E-state index in [9.17, 15) is 4.79 Å². The van der Waals surface area contributed by atoms with Crippen LogP contribution in [0.4, 0.5) is 0 Å². The van der Waals surface area contributed by atoms with E-state index in [4.69, 9.17) is 19.1 Å². The maximum absolute atomic E-state index is 11.0. The summed E-state index contributed by atoms with van der Waals surface area (Å²) < 4.78 is 17.3. The fourth-order valence-electron chi connectivity index (χ4n) is 2.60. The summed E-state index contributed by atoms with van der Waals surface area (Å²) >= 11 is 3.54. The van der Waals surface area contributed by atoms with E-state index in [1.807, 2.05) is 19.9 Å². The van der Waals surface area contributed by atoms with Crippen molar-refractivity contribution in [2.75, 3.05) is 13.2 Å². The van der Waals surface area contributed by atoms with Gasteiger partial charge in [0.2, 0.25) is 5.76 Å². The summed E-state index contributed by atoms with van der Waals surface area (Å²) in [6.07, 6.45) is 0.812. The van der Waals surface area contributed by atoms with Gasteiger partial charge < -0.3 is 19.1 Å². The van der Waals surface area contributed by atoms with Gasteiger partial charge in [-0.15, -0.1) is 0 Å². The third-order valence-corrected chi connectivity index (χ3v) is 4.21. The largest absolute Gasteiger partial charge is 0.490 e. The third kappa shape index (κ3) is 2.93. The van der Waals surface area contributed by atoms with Gasteiger partial charge in [0.05, 0.1) is 13.2 Å². The van der Waals surface area contributed by atoms with Gasteiger partial charge in [-0.1, -0.05) is 19.0 Å². The molecule has 0 radical (unpaired) electrons. The van der Waals surface area contributed by atoms with Gasteiger partial charge >= 0.3 is 5.97 Å². The molecule has 1 aromatic carbocycles. The molecule has 2 heterocycles. The van der Waals surface area contributed by atoms with E-state index in [0.717, 1.165) is 22.0 Å². The van der Waals surface area contributed by atoms with E-state index in [0.29, 0.717) is 30.4 Å². The Morgan fingerprint density at radius 3 is 2.70 bits per heavy atom. The molecule has 0 aliphatic carbocycles. The van der Waals surface area contributed by atoms with Crippen LogP contribution in [0.3, 0.4) is 0 Å². The van der Waals surface area contributed by atoms with E-state index in [1.165, 1.54) is 6.07 Å². The lowest BCUT2D eigenvalue weighted by molar-refractivity contribution is 0.0652. The number of carbonyl (C=O) groups is 1. The molecule has 0 saturated heterocycles. The van der Waals surface area contributed by atoms with E-state index in [2.05, 4.69) is 21.1 Å². The summed E-state index contributed by atoms with van der Waals surface area (Å²) in [6.45, 7) is 5.26. The Kier molecular flexibility index (Phi) is 4.30. The molecular formula is C16H16BrNO5. The lowest BCUT2D eigenvalue weighted by Gasteiger charge is -2.19. The predicted octanol–water partition coefficient (Wildman–Crippen LogP) is 4.09. The fourth-order valence-corrected chi connectivity index (χ4v) is 3.23. The van der Waals surface area contributed by atoms with Crippen LogP contribution in [0.1, 0.15) is 42.3 Å². The Morgan fingerprint density at radius 2 is 2.04 bits per heavy atom. The highest BCUT2D eigenvalue weighted by atomic mass is 79.9. The zero-order valence-corrected chi connectivity index (χ0v) is 14.3. The van der Waals surface area contributed by atoms with Crippen LogP contribution in [0.15, 0.2) is 21.1 Å². The van der Waals surface area contributed by atoms with Gasteiger partial charge in [0.25, 0.3) is 0 Å². The highest BCUT2D eigenvalue weighted by molar-refractivity contribution is 9.10. The van der Waals surface area contributed by atoms with Crippen LogP contribution in [0.5, 0.6) is 11.5 Å². The van der Waals surface area contributed by atoms with E-state index in [-0.39, 0.29) is 11.7 Å². The third-order valence-electron chi connectivity index (χ3n) is 3.58. The number of fused-ring (bicyclic) bond motifs is 1. The van der Waals surface area contributed by atoms with Crippen molar-refractivity contribution in [1.82, 2.24) is 5.16 Å². The number of rotatable bonds is 3. The van der Waals surface area contributed by atoms with Crippen molar-refractivity contribution >= 4 is 21.9 Å². The summed E-state index contributed by atoms with van der Waals surface area (Å²) in [5, 5.41) is 12.9. The number of halogens is 1. The highest BCUT2D eigenvalue weighted by Crippen LogP contribution is 2.47. The maximum atomic E-state index is 11.0. The lowest BCUT2D eigenvalue weighted by Crippen LogP contribution is -2.02. The normalized spacial score (nSPS) is 13.9. The summed E-state index contributed by atoms with van der Waals surface area (Å²) in [7, 11) is 0. The first-order chi connectivity index (χ1) is 11.0. The first-order valence-corrected chi connectivity index (χ1v) is 8.10. The van der Waals surface area contributed by atoms with E-state index in [1.54, 1.807) is 0 Å². The minimum absolute atomic E-state index is 0.128. The molecule has 1 aliphatic rings. The van der Waals surface area contributed by atoms with Crippen molar-refractivity contribution in [1.29, 1.82) is 0 Å². The molecule has 122 valence electrons. The molecule has 0 spiro atoms. The molecule has 0 fully saturated rings. The minimum Gasteiger partial charge on any atom is -0.490 e. The van der Waals surface area contributed by atoms with Gasteiger partial charge in [-0.05, 0) is 27.9 Å². The first kappa shape index (κ1) is 15.9. The first-order valence-electron chi connectivity index (χ1n) is 7.31. The van der Waals surface area contributed by atoms with Crippen LogP contribution in [-0.2, 0) is 0 Å². The molecule has 2 aromatic rings. The van der Waals surface area contributed by atoms with Gasteiger partial charge in [-0.3, -0.25) is 0 Å². The summed E-state index contributed by atoms with van der Waals surface area (Å²) in [5.74, 6) is 0.149. The van der Waals surface area contributed by atoms with Crippen molar-refractivity contribution < 1.29 is 23.9 Å². The van der Waals surface area contributed by atoms with Gasteiger partial charge in [0, 0.05) is 28.1 Å². The van der Waals surface area contributed by atoms with Crippen molar-refractivity contribution in [3.63, 3.8) is 0 Å². The van der Waals surface area contributed by atoms with Crippen molar-refractivity contribution in [3.8, 4) is 22.8 Å². The quantitative estimate of drug-likeness (QED) is 0.861. The molecule has 0 atom stereocenters. The smallest absolute Gasteiger partial charge is 0.374 e. The number of aromatic nitrogens is 1. The summed E-state index contributed by atoms with van der Waals surface area (Å²) in [5.41, 5.74) is 2.13. The van der Waals surface area contributed by atoms with Crippen molar-refractivity contribution in [2.24, 2.45) is 0 Å². The zero-order valence-electron chi connectivity index (χ0n) is 12.8. The predicted molar refractivity (Wildman–Crippen MR) is 86.3 cm³/mol. The van der Waals surface area contributed by atoms with Crippen LogP contribution in [0, 0.1) is 0 Å². The monoisotopic (exact) mass is 381 g/mol. The average Bonchev–Trinajstić information content (AvgIpc) is 2.86.